The Kier molecular flexibility index (Phi) is 6.15. The average molecular weight is 417 g/mol. The molecule has 0 amide bonds. The van der Waals surface area contributed by atoms with Crippen molar-refractivity contribution in [3.8, 4) is 0 Å². The Morgan fingerprint density at radius 1 is 0.926 bits per heavy atom. The van der Waals surface area contributed by atoms with Crippen LogP contribution >= 0.6 is 35.0 Å². The van der Waals surface area contributed by atoms with Gasteiger partial charge < -0.3 is 4.74 Å². The summed E-state index contributed by atoms with van der Waals surface area (Å²) in [6, 6.07) is 15.1. The molecule has 0 saturated carbocycles. The Labute approximate surface area is 173 Å². The van der Waals surface area contributed by atoms with Crippen LogP contribution in [0.4, 0.5) is 0 Å². The number of thioether (sulfide) groups is 1. The van der Waals surface area contributed by atoms with Crippen LogP contribution in [0.5, 0.6) is 0 Å². The minimum atomic E-state index is -0.347. The van der Waals surface area contributed by atoms with Gasteiger partial charge in [0.25, 0.3) is 0 Å². The van der Waals surface area contributed by atoms with Gasteiger partial charge in [0.1, 0.15) is 0 Å². The van der Waals surface area contributed by atoms with Crippen molar-refractivity contribution in [2.24, 2.45) is 5.92 Å². The first-order valence-electron chi connectivity index (χ1n) is 8.27. The molecule has 0 N–H and O–H groups in total. The van der Waals surface area contributed by atoms with Gasteiger partial charge in [-0.2, -0.15) is 0 Å². The monoisotopic (exact) mass is 416 g/mol. The largest absolute Gasteiger partial charge is 0.465 e. The summed E-state index contributed by atoms with van der Waals surface area (Å²) < 4.78 is 4.91. The molecule has 2 aromatic rings. The second-order valence-corrected chi connectivity index (χ2v) is 8.21. The quantitative estimate of drug-likeness (QED) is 0.519. The highest BCUT2D eigenvalue weighted by Crippen LogP contribution is 2.48. The lowest BCUT2D eigenvalue weighted by Gasteiger charge is -2.23. The lowest BCUT2D eigenvalue weighted by atomic mass is 9.86. The summed E-state index contributed by atoms with van der Waals surface area (Å²) in [4.78, 5) is 12.7. The fourth-order valence-electron chi connectivity index (χ4n) is 2.97. The fourth-order valence-corrected chi connectivity index (χ4v) is 4.57. The van der Waals surface area contributed by atoms with Crippen molar-refractivity contribution in [2.45, 2.75) is 5.25 Å². The molecule has 138 valence electrons. The van der Waals surface area contributed by atoms with Crippen molar-refractivity contribution >= 4 is 52.1 Å². The molecule has 0 bridgehead atoms. The SMILES string of the molecule is C=C(c1ccc(Cl)cc1)[C@H]1C=C(C(=O)OC)S[C@@H]1C(=C)c1ccc(Cl)cc1. The van der Waals surface area contributed by atoms with Crippen molar-refractivity contribution in [1.29, 1.82) is 0 Å². The van der Waals surface area contributed by atoms with Crippen LogP contribution in [0.1, 0.15) is 11.1 Å². The molecule has 0 fully saturated rings. The number of hydrogen-bond acceptors (Lipinski definition) is 3. The maximum atomic E-state index is 12.1. The van der Waals surface area contributed by atoms with Gasteiger partial charge in [-0.05, 0) is 46.5 Å². The van der Waals surface area contributed by atoms with Crippen molar-refractivity contribution in [3.05, 3.63) is 93.8 Å². The van der Waals surface area contributed by atoms with E-state index in [4.69, 9.17) is 27.9 Å². The number of allylic oxidation sites excluding steroid dienone is 2. The highest BCUT2D eigenvalue weighted by atomic mass is 35.5. The summed E-state index contributed by atoms with van der Waals surface area (Å²) in [6.45, 7) is 8.57. The van der Waals surface area contributed by atoms with Crippen molar-refractivity contribution in [1.82, 2.24) is 0 Å². The molecule has 3 rings (SSSR count). The highest BCUT2D eigenvalue weighted by Gasteiger charge is 2.36. The van der Waals surface area contributed by atoms with Gasteiger partial charge in [0.15, 0.2) is 0 Å². The predicted molar refractivity (Wildman–Crippen MR) is 116 cm³/mol. The predicted octanol–water partition coefficient (Wildman–Crippen LogP) is 6.51. The van der Waals surface area contributed by atoms with Crippen LogP contribution < -0.4 is 0 Å². The number of ether oxygens (including phenoxy) is 1. The molecule has 0 aliphatic carbocycles. The summed E-state index contributed by atoms with van der Waals surface area (Å²) in [7, 11) is 1.38. The van der Waals surface area contributed by atoms with E-state index in [1.807, 2.05) is 54.6 Å². The van der Waals surface area contributed by atoms with Gasteiger partial charge in [-0.1, -0.05) is 66.7 Å². The number of halogens is 2. The molecular formula is C22H18Cl2O2S. The molecule has 2 nitrogen and oxygen atoms in total. The van der Waals surface area contributed by atoms with Crippen LogP contribution in [0.2, 0.25) is 10.0 Å². The molecule has 1 heterocycles. The maximum Gasteiger partial charge on any atom is 0.344 e. The molecule has 1 aliphatic heterocycles. The second-order valence-electron chi connectivity index (χ2n) is 6.15. The minimum absolute atomic E-state index is 0.0662. The van der Waals surface area contributed by atoms with Gasteiger partial charge in [0.05, 0.1) is 12.0 Å². The zero-order valence-corrected chi connectivity index (χ0v) is 17.1. The molecular weight excluding hydrogens is 399 g/mol. The van der Waals surface area contributed by atoms with Gasteiger partial charge in [-0.3, -0.25) is 0 Å². The number of methoxy groups -OCH3 is 1. The van der Waals surface area contributed by atoms with Gasteiger partial charge in [0, 0.05) is 21.2 Å². The summed E-state index contributed by atoms with van der Waals surface area (Å²) >= 11 is 13.5. The van der Waals surface area contributed by atoms with Gasteiger partial charge >= 0.3 is 5.97 Å². The van der Waals surface area contributed by atoms with E-state index in [-0.39, 0.29) is 17.1 Å². The zero-order chi connectivity index (χ0) is 19.6. The normalized spacial score (nSPS) is 18.7. The van der Waals surface area contributed by atoms with Crippen LogP contribution in [0.15, 0.2) is 72.7 Å². The van der Waals surface area contributed by atoms with Crippen LogP contribution in [-0.4, -0.2) is 18.3 Å². The van der Waals surface area contributed by atoms with Crippen LogP contribution in [0, 0.1) is 5.92 Å². The molecule has 2 atom stereocenters. The summed E-state index contributed by atoms with van der Waals surface area (Å²) in [5.74, 6) is -0.436. The second kappa shape index (κ2) is 8.39. The molecule has 0 spiro atoms. The van der Waals surface area contributed by atoms with E-state index in [1.165, 1.54) is 18.9 Å². The van der Waals surface area contributed by atoms with Crippen molar-refractivity contribution in [2.75, 3.05) is 7.11 Å². The molecule has 27 heavy (non-hydrogen) atoms. The molecule has 0 radical (unpaired) electrons. The number of carbonyl (C=O) groups excluding carboxylic acids is 1. The Balaban J connectivity index is 1.94. The van der Waals surface area contributed by atoms with E-state index in [2.05, 4.69) is 13.2 Å². The standard InChI is InChI=1S/C22H18Cl2O2S/c1-13(15-4-8-17(23)9-5-15)19-12-20(22(25)26-3)27-21(19)14(2)16-6-10-18(24)11-7-16/h4-12,19,21H,1-2H2,3H3/t19-,21-/m1/s1. The number of carbonyl (C=O) groups is 1. The smallest absolute Gasteiger partial charge is 0.344 e. The number of benzene rings is 2. The third-order valence-electron chi connectivity index (χ3n) is 4.47. The van der Waals surface area contributed by atoms with Gasteiger partial charge in [-0.15, -0.1) is 11.8 Å². The number of esters is 1. The van der Waals surface area contributed by atoms with E-state index in [9.17, 15) is 4.79 Å². The van der Waals surface area contributed by atoms with Gasteiger partial charge in [-0.25, -0.2) is 4.79 Å². The van der Waals surface area contributed by atoms with E-state index in [1.54, 1.807) is 0 Å². The Bertz CT molecular complexity index is 914. The molecule has 0 aromatic heterocycles. The van der Waals surface area contributed by atoms with Crippen molar-refractivity contribution in [3.63, 3.8) is 0 Å². The Morgan fingerprint density at radius 2 is 1.41 bits per heavy atom. The first-order chi connectivity index (χ1) is 12.9. The highest BCUT2D eigenvalue weighted by molar-refractivity contribution is 8.05. The third kappa shape index (κ3) is 4.32. The Hall–Kier alpha value is -1.94. The van der Waals surface area contributed by atoms with Crippen LogP contribution in [-0.2, 0) is 9.53 Å². The van der Waals surface area contributed by atoms with Crippen LogP contribution in [0.25, 0.3) is 11.1 Å². The molecule has 1 aliphatic rings. The molecule has 0 saturated heterocycles. The molecule has 5 heteroatoms. The third-order valence-corrected chi connectivity index (χ3v) is 6.37. The van der Waals surface area contributed by atoms with E-state index in [0.717, 1.165) is 22.3 Å². The number of rotatable bonds is 5. The first kappa shape index (κ1) is 19.8. The molecule has 0 unspecified atom stereocenters. The van der Waals surface area contributed by atoms with E-state index >= 15 is 0 Å². The van der Waals surface area contributed by atoms with Gasteiger partial charge in [0.2, 0.25) is 0 Å². The average Bonchev–Trinajstić information content (AvgIpc) is 3.13. The first-order valence-corrected chi connectivity index (χ1v) is 9.90. The maximum absolute atomic E-state index is 12.1. The lowest BCUT2D eigenvalue weighted by molar-refractivity contribution is -0.135. The summed E-state index contributed by atoms with van der Waals surface area (Å²) in [5.41, 5.74) is 3.76. The number of hydrogen-bond donors (Lipinski definition) is 0. The zero-order valence-electron chi connectivity index (χ0n) is 14.7. The lowest BCUT2D eigenvalue weighted by Crippen LogP contribution is -2.14. The van der Waals surface area contributed by atoms with Crippen molar-refractivity contribution < 1.29 is 9.53 Å². The van der Waals surface area contributed by atoms with Crippen LogP contribution in [0.3, 0.4) is 0 Å². The van der Waals surface area contributed by atoms with E-state index < -0.39 is 0 Å². The topological polar surface area (TPSA) is 26.3 Å². The Morgan fingerprint density at radius 3 is 1.89 bits per heavy atom. The summed E-state index contributed by atoms with van der Waals surface area (Å²) in [6.07, 6.45) is 1.92. The minimum Gasteiger partial charge on any atom is -0.465 e. The van der Waals surface area contributed by atoms with E-state index in [0.29, 0.717) is 15.0 Å². The summed E-state index contributed by atoms with van der Waals surface area (Å²) in [5, 5.41) is 1.27. The molecule has 2 aromatic carbocycles. The fraction of sp³-hybridized carbons (Fsp3) is 0.136.